The van der Waals surface area contributed by atoms with E-state index in [9.17, 15) is 4.79 Å². The highest BCUT2D eigenvalue weighted by Crippen LogP contribution is 2.28. The third-order valence-corrected chi connectivity index (χ3v) is 4.03. The average Bonchev–Trinajstić information content (AvgIpc) is 2.39. The summed E-state index contributed by atoms with van der Waals surface area (Å²) in [6, 6.07) is 0.610. The van der Waals surface area contributed by atoms with E-state index in [0.717, 1.165) is 45.4 Å². The number of amides is 1. The molecule has 1 aliphatic heterocycles. The van der Waals surface area contributed by atoms with Gasteiger partial charge in [-0.1, -0.05) is 6.42 Å². The maximum Gasteiger partial charge on any atom is 0.225 e. The molecule has 3 nitrogen and oxygen atoms in total. The van der Waals surface area contributed by atoms with Crippen LogP contribution in [0, 0.1) is 5.92 Å². The summed E-state index contributed by atoms with van der Waals surface area (Å²) >= 11 is 0. The van der Waals surface area contributed by atoms with Crippen molar-refractivity contribution in [1.29, 1.82) is 0 Å². The number of carbonyl (C=O) groups is 1. The molecule has 0 N–H and O–H groups in total. The smallest absolute Gasteiger partial charge is 0.225 e. The normalized spacial score (nSPS) is 24.3. The first-order valence-corrected chi connectivity index (χ1v) is 6.71. The van der Waals surface area contributed by atoms with E-state index in [0.29, 0.717) is 17.9 Å². The maximum atomic E-state index is 12.1. The van der Waals surface area contributed by atoms with Gasteiger partial charge in [-0.25, -0.2) is 0 Å². The van der Waals surface area contributed by atoms with Crippen molar-refractivity contribution in [1.82, 2.24) is 9.80 Å². The fourth-order valence-corrected chi connectivity index (χ4v) is 2.59. The molecule has 0 aromatic rings. The highest BCUT2D eigenvalue weighted by Gasteiger charge is 2.30. The van der Waals surface area contributed by atoms with Crippen LogP contribution in [0.1, 0.15) is 39.5 Å². The Morgan fingerprint density at radius 2 is 1.81 bits per heavy atom. The van der Waals surface area contributed by atoms with Crippen LogP contribution in [-0.2, 0) is 4.79 Å². The van der Waals surface area contributed by atoms with Crippen molar-refractivity contribution in [2.24, 2.45) is 5.92 Å². The van der Waals surface area contributed by atoms with Crippen LogP contribution in [0.25, 0.3) is 0 Å². The lowest BCUT2D eigenvalue weighted by Crippen LogP contribution is -2.41. The fourth-order valence-electron chi connectivity index (χ4n) is 2.59. The van der Waals surface area contributed by atoms with Gasteiger partial charge in [0.15, 0.2) is 0 Å². The highest BCUT2D eigenvalue weighted by molar-refractivity contribution is 5.79. The fraction of sp³-hybridized carbons (Fsp3) is 0.923. The van der Waals surface area contributed by atoms with Crippen LogP contribution in [-0.4, -0.2) is 47.9 Å². The highest BCUT2D eigenvalue weighted by atomic mass is 16.2. The number of hydrogen-bond donors (Lipinski definition) is 0. The molecule has 16 heavy (non-hydrogen) atoms. The van der Waals surface area contributed by atoms with Gasteiger partial charge in [-0.2, -0.15) is 0 Å². The molecule has 1 saturated carbocycles. The Labute approximate surface area is 98.8 Å². The summed E-state index contributed by atoms with van der Waals surface area (Å²) in [5.74, 6) is 0.794. The molecule has 1 aliphatic carbocycles. The molecular weight excluding hydrogens is 200 g/mol. The van der Waals surface area contributed by atoms with Crippen LogP contribution in [0.4, 0.5) is 0 Å². The van der Waals surface area contributed by atoms with Gasteiger partial charge in [-0.15, -0.1) is 0 Å². The average molecular weight is 224 g/mol. The molecule has 0 aromatic carbocycles. The lowest BCUT2D eigenvalue weighted by Gasteiger charge is -2.31. The molecule has 0 spiro atoms. The molecule has 0 atom stereocenters. The first-order chi connectivity index (χ1) is 7.68. The van der Waals surface area contributed by atoms with Gasteiger partial charge in [0.05, 0.1) is 0 Å². The van der Waals surface area contributed by atoms with Gasteiger partial charge in [-0.05, 0) is 33.1 Å². The van der Waals surface area contributed by atoms with Crippen LogP contribution < -0.4 is 0 Å². The molecule has 2 fully saturated rings. The SMILES string of the molecule is CC(C)N1CCCN(C(=O)C2CCC2)CC1. The van der Waals surface area contributed by atoms with Gasteiger partial charge in [0.2, 0.25) is 5.91 Å². The second-order valence-electron chi connectivity index (χ2n) is 5.44. The Morgan fingerprint density at radius 3 is 2.38 bits per heavy atom. The predicted octanol–water partition coefficient (Wildman–Crippen LogP) is 1.73. The topological polar surface area (TPSA) is 23.6 Å². The maximum absolute atomic E-state index is 12.1. The van der Waals surface area contributed by atoms with Gasteiger partial charge in [0.25, 0.3) is 0 Å². The summed E-state index contributed by atoms with van der Waals surface area (Å²) in [6.07, 6.45) is 4.64. The van der Waals surface area contributed by atoms with Gasteiger partial charge < -0.3 is 4.90 Å². The summed E-state index contributed by atoms with van der Waals surface area (Å²) < 4.78 is 0. The minimum Gasteiger partial charge on any atom is -0.341 e. The molecule has 2 rings (SSSR count). The first-order valence-electron chi connectivity index (χ1n) is 6.71. The van der Waals surface area contributed by atoms with Gasteiger partial charge in [0, 0.05) is 38.1 Å². The summed E-state index contributed by atoms with van der Waals surface area (Å²) in [6.45, 7) is 8.58. The Hall–Kier alpha value is -0.570. The van der Waals surface area contributed by atoms with Crippen molar-refractivity contribution in [3.63, 3.8) is 0 Å². The number of nitrogens with zero attached hydrogens (tertiary/aromatic N) is 2. The third kappa shape index (κ3) is 2.57. The molecule has 1 saturated heterocycles. The number of hydrogen-bond acceptors (Lipinski definition) is 2. The zero-order valence-corrected chi connectivity index (χ0v) is 10.6. The van der Waals surface area contributed by atoms with E-state index in [4.69, 9.17) is 0 Å². The quantitative estimate of drug-likeness (QED) is 0.713. The van der Waals surface area contributed by atoms with E-state index in [1.165, 1.54) is 6.42 Å². The second-order valence-corrected chi connectivity index (χ2v) is 5.44. The Kier molecular flexibility index (Phi) is 3.85. The van der Waals surface area contributed by atoms with Crippen molar-refractivity contribution in [2.75, 3.05) is 26.2 Å². The van der Waals surface area contributed by atoms with E-state index in [2.05, 4.69) is 23.6 Å². The summed E-state index contributed by atoms with van der Waals surface area (Å²) in [4.78, 5) is 16.7. The van der Waals surface area contributed by atoms with Crippen LogP contribution in [0.3, 0.4) is 0 Å². The van der Waals surface area contributed by atoms with E-state index in [-0.39, 0.29) is 0 Å². The summed E-state index contributed by atoms with van der Waals surface area (Å²) in [7, 11) is 0. The Morgan fingerprint density at radius 1 is 1.06 bits per heavy atom. The van der Waals surface area contributed by atoms with Crippen molar-refractivity contribution in [3.8, 4) is 0 Å². The predicted molar refractivity (Wildman–Crippen MR) is 65.2 cm³/mol. The molecule has 92 valence electrons. The largest absolute Gasteiger partial charge is 0.341 e. The van der Waals surface area contributed by atoms with E-state index < -0.39 is 0 Å². The Balaban J connectivity index is 1.85. The molecule has 0 radical (unpaired) electrons. The van der Waals surface area contributed by atoms with Crippen molar-refractivity contribution in [2.45, 2.75) is 45.6 Å². The lowest BCUT2D eigenvalue weighted by atomic mass is 9.84. The molecule has 0 bridgehead atoms. The summed E-state index contributed by atoms with van der Waals surface area (Å²) in [5.41, 5.74) is 0. The van der Waals surface area contributed by atoms with Crippen LogP contribution in [0.15, 0.2) is 0 Å². The van der Waals surface area contributed by atoms with Gasteiger partial charge in [0.1, 0.15) is 0 Å². The monoisotopic (exact) mass is 224 g/mol. The standard InChI is InChI=1S/C13H24N2O/c1-11(2)14-7-4-8-15(10-9-14)13(16)12-5-3-6-12/h11-12H,3-10H2,1-2H3. The molecule has 1 heterocycles. The van der Waals surface area contributed by atoms with E-state index in [1.807, 2.05) is 0 Å². The molecule has 0 aromatic heterocycles. The zero-order chi connectivity index (χ0) is 11.5. The summed E-state index contributed by atoms with van der Waals surface area (Å²) in [5, 5.41) is 0. The second kappa shape index (κ2) is 5.17. The van der Waals surface area contributed by atoms with Gasteiger partial charge >= 0.3 is 0 Å². The van der Waals surface area contributed by atoms with E-state index >= 15 is 0 Å². The minimum absolute atomic E-state index is 0.366. The van der Waals surface area contributed by atoms with Gasteiger partial charge in [-0.3, -0.25) is 9.69 Å². The van der Waals surface area contributed by atoms with Crippen molar-refractivity contribution >= 4 is 5.91 Å². The Bertz CT molecular complexity index is 248. The minimum atomic E-state index is 0.366. The number of carbonyl (C=O) groups excluding carboxylic acids is 1. The first kappa shape index (κ1) is 11.9. The van der Waals surface area contributed by atoms with Crippen molar-refractivity contribution < 1.29 is 4.79 Å². The molecule has 2 aliphatic rings. The third-order valence-electron chi connectivity index (χ3n) is 4.03. The van der Waals surface area contributed by atoms with Crippen LogP contribution >= 0.6 is 0 Å². The molecule has 0 unspecified atom stereocenters. The molecular formula is C13H24N2O. The van der Waals surface area contributed by atoms with Crippen LogP contribution in [0.5, 0.6) is 0 Å². The zero-order valence-electron chi connectivity index (χ0n) is 10.6. The van der Waals surface area contributed by atoms with Crippen LogP contribution in [0.2, 0.25) is 0 Å². The van der Waals surface area contributed by atoms with Crippen molar-refractivity contribution in [3.05, 3.63) is 0 Å². The molecule has 1 amide bonds. The molecule has 3 heteroatoms. The number of rotatable bonds is 2. The van der Waals surface area contributed by atoms with E-state index in [1.54, 1.807) is 0 Å². The lowest BCUT2D eigenvalue weighted by molar-refractivity contribution is -0.138.